The van der Waals surface area contributed by atoms with E-state index in [1.165, 1.54) is 12.3 Å². The van der Waals surface area contributed by atoms with Crippen molar-refractivity contribution in [2.75, 3.05) is 11.9 Å². The molecule has 0 spiro atoms. The number of aromatic nitrogens is 1. The maximum atomic E-state index is 13.2. The van der Waals surface area contributed by atoms with Crippen LogP contribution < -0.4 is 5.32 Å². The topological polar surface area (TPSA) is 119 Å². The van der Waals surface area contributed by atoms with Gasteiger partial charge in [-0.25, -0.2) is 13.4 Å². The third kappa shape index (κ3) is 5.79. The number of carbonyl (C=O) groups excluding carboxylic acids is 3. The summed E-state index contributed by atoms with van der Waals surface area (Å²) < 4.78 is 29.7. The summed E-state index contributed by atoms with van der Waals surface area (Å²) in [6, 6.07) is 6.47. The quantitative estimate of drug-likeness (QED) is 0.312. The molecule has 4 rings (SSSR count). The van der Waals surface area contributed by atoms with Crippen LogP contribution in [0.25, 0.3) is 5.57 Å². The molecule has 1 heterocycles. The highest BCUT2D eigenvalue weighted by molar-refractivity contribution is 7.92. The average Bonchev–Trinajstić information content (AvgIpc) is 3.37. The summed E-state index contributed by atoms with van der Waals surface area (Å²) in [5.41, 5.74) is 1.18. The lowest BCUT2D eigenvalue weighted by Crippen LogP contribution is -2.16. The number of rotatable bonds is 9. The summed E-state index contributed by atoms with van der Waals surface area (Å²) >= 11 is 1.10. The highest BCUT2D eigenvalue weighted by Crippen LogP contribution is 2.34. The molecule has 34 heavy (non-hydrogen) atoms. The van der Waals surface area contributed by atoms with Crippen LogP contribution in [0.15, 0.2) is 40.6 Å². The number of allylic oxidation sites excluding steroid dienone is 1. The van der Waals surface area contributed by atoms with Gasteiger partial charge in [-0.3, -0.25) is 19.7 Å². The Kier molecular flexibility index (Phi) is 7.27. The first kappa shape index (κ1) is 24.3. The van der Waals surface area contributed by atoms with E-state index in [-0.39, 0.29) is 32.8 Å². The van der Waals surface area contributed by atoms with Crippen LogP contribution >= 0.6 is 11.3 Å². The molecule has 1 aromatic carbocycles. The number of hydrogen-bond acceptors (Lipinski definition) is 8. The number of anilines is 1. The zero-order chi connectivity index (χ0) is 24.3. The molecule has 2 fully saturated rings. The van der Waals surface area contributed by atoms with Crippen molar-refractivity contribution in [3.63, 3.8) is 0 Å². The maximum absolute atomic E-state index is 13.2. The monoisotopic (exact) mass is 502 g/mol. The number of esters is 1. The second kappa shape index (κ2) is 10.2. The van der Waals surface area contributed by atoms with Crippen molar-refractivity contribution in [2.45, 2.75) is 55.6 Å². The maximum Gasteiger partial charge on any atom is 0.303 e. The highest BCUT2D eigenvalue weighted by Gasteiger charge is 2.36. The highest BCUT2D eigenvalue weighted by atomic mass is 32.2. The van der Waals surface area contributed by atoms with Gasteiger partial charge in [0.05, 0.1) is 10.1 Å². The Bertz CT molecular complexity index is 1220. The van der Waals surface area contributed by atoms with Gasteiger partial charge in [-0.15, -0.1) is 11.3 Å². The second-order valence-electron chi connectivity index (χ2n) is 8.59. The summed E-state index contributed by atoms with van der Waals surface area (Å²) in [5.74, 6) is -1.12. The number of nitrogens with zero attached hydrogens (tertiary/aromatic N) is 1. The largest absolute Gasteiger partial charge is 0.457 e. The molecule has 1 amide bonds. The first-order valence-electron chi connectivity index (χ1n) is 11.2. The number of nitrogens with one attached hydrogen (secondary N) is 1. The van der Waals surface area contributed by atoms with Gasteiger partial charge in [-0.05, 0) is 49.3 Å². The molecule has 0 bridgehead atoms. The Morgan fingerprint density at radius 2 is 1.79 bits per heavy atom. The van der Waals surface area contributed by atoms with Gasteiger partial charge in [0.25, 0.3) is 5.91 Å². The molecule has 8 nitrogen and oxygen atoms in total. The number of ether oxygens (including phenoxy) is 1. The van der Waals surface area contributed by atoms with Gasteiger partial charge < -0.3 is 4.74 Å². The molecule has 2 aliphatic carbocycles. The Balaban J connectivity index is 1.53. The van der Waals surface area contributed by atoms with Crippen molar-refractivity contribution < 1.29 is 27.5 Å². The van der Waals surface area contributed by atoms with Crippen molar-refractivity contribution in [2.24, 2.45) is 5.92 Å². The molecule has 1 aromatic heterocycles. The average molecular weight is 503 g/mol. The van der Waals surface area contributed by atoms with Gasteiger partial charge in [0.1, 0.15) is 5.69 Å². The number of sulfone groups is 1. The van der Waals surface area contributed by atoms with Crippen molar-refractivity contribution in [1.82, 2.24) is 4.98 Å². The fourth-order valence-corrected chi connectivity index (χ4v) is 6.29. The third-order valence-electron chi connectivity index (χ3n) is 5.92. The summed E-state index contributed by atoms with van der Waals surface area (Å²) in [4.78, 5) is 40.6. The zero-order valence-electron chi connectivity index (χ0n) is 18.8. The van der Waals surface area contributed by atoms with Crippen molar-refractivity contribution in [1.29, 1.82) is 0 Å². The van der Waals surface area contributed by atoms with E-state index in [0.717, 1.165) is 37.0 Å². The zero-order valence-corrected chi connectivity index (χ0v) is 20.4. The predicted octanol–water partition coefficient (Wildman–Crippen LogP) is 4.04. The first-order valence-corrected chi connectivity index (χ1v) is 13.7. The lowest BCUT2D eigenvalue weighted by molar-refractivity contribution is -0.139. The van der Waals surface area contributed by atoms with Gasteiger partial charge in [0.2, 0.25) is 5.78 Å². The summed E-state index contributed by atoms with van der Waals surface area (Å²) in [7, 11) is -3.31. The van der Waals surface area contributed by atoms with E-state index in [4.69, 9.17) is 4.74 Å². The smallest absolute Gasteiger partial charge is 0.303 e. The van der Waals surface area contributed by atoms with Gasteiger partial charge in [-0.2, -0.15) is 0 Å². The Hall–Kier alpha value is -2.85. The van der Waals surface area contributed by atoms with Crippen LogP contribution in [0.3, 0.4) is 0 Å². The van der Waals surface area contributed by atoms with Crippen LogP contribution in [0.5, 0.6) is 0 Å². The molecular weight excluding hydrogens is 476 g/mol. The van der Waals surface area contributed by atoms with E-state index in [1.807, 2.05) is 6.08 Å². The van der Waals surface area contributed by atoms with E-state index < -0.39 is 28.2 Å². The SMILES string of the molecule is CC(=O)OCC(=O)c1csc(NC(=O)C(=CC2CCCC2)c2ccc(S(=O)(=O)C3CC3)cc2)n1. The molecule has 2 aromatic rings. The van der Waals surface area contributed by atoms with E-state index in [1.54, 1.807) is 24.3 Å². The van der Waals surface area contributed by atoms with Crippen LogP contribution in [-0.4, -0.2) is 42.9 Å². The molecular formula is C24H26N2O6S2. The molecule has 180 valence electrons. The number of thiazole rings is 1. The molecule has 0 unspecified atom stereocenters. The fourth-order valence-electron chi connectivity index (χ4n) is 3.92. The van der Waals surface area contributed by atoms with Crippen LogP contribution in [-0.2, 0) is 24.2 Å². The molecule has 1 N–H and O–H groups in total. The minimum absolute atomic E-state index is 0.109. The molecule has 2 aliphatic rings. The first-order chi connectivity index (χ1) is 16.2. The van der Waals surface area contributed by atoms with Gasteiger partial charge in [0, 0.05) is 17.9 Å². The minimum Gasteiger partial charge on any atom is -0.457 e. The molecule has 0 aliphatic heterocycles. The Morgan fingerprint density at radius 3 is 2.41 bits per heavy atom. The van der Waals surface area contributed by atoms with E-state index >= 15 is 0 Å². The van der Waals surface area contributed by atoms with Crippen molar-refractivity contribution in [3.05, 3.63) is 47.0 Å². The Morgan fingerprint density at radius 1 is 1.12 bits per heavy atom. The predicted molar refractivity (Wildman–Crippen MR) is 128 cm³/mol. The van der Waals surface area contributed by atoms with Gasteiger partial charge in [0.15, 0.2) is 21.6 Å². The van der Waals surface area contributed by atoms with Crippen molar-refractivity contribution >= 4 is 49.5 Å². The second-order valence-corrected chi connectivity index (χ2v) is 11.7. The summed E-state index contributed by atoms with van der Waals surface area (Å²) in [6.45, 7) is 0.807. The number of amides is 1. The number of ketones is 1. The van der Waals surface area contributed by atoms with Gasteiger partial charge in [-0.1, -0.05) is 31.1 Å². The lowest BCUT2D eigenvalue weighted by atomic mass is 9.98. The number of Topliss-reactive ketones (excluding diaryl/α,β-unsaturated/α-hetero) is 1. The van der Waals surface area contributed by atoms with Crippen LogP contribution in [0, 0.1) is 5.92 Å². The van der Waals surface area contributed by atoms with Gasteiger partial charge >= 0.3 is 5.97 Å². The van der Waals surface area contributed by atoms with E-state index in [0.29, 0.717) is 24.0 Å². The summed E-state index contributed by atoms with van der Waals surface area (Å²) in [6.07, 6.45) is 7.54. The number of carbonyl (C=O) groups is 3. The molecule has 0 radical (unpaired) electrons. The summed E-state index contributed by atoms with van der Waals surface area (Å²) in [5, 5.41) is 4.21. The van der Waals surface area contributed by atoms with Crippen molar-refractivity contribution in [3.8, 4) is 0 Å². The fraction of sp³-hybridized carbons (Fsp3) is 0.417. The normalized spacial score (nSPS) is 16.9. The third-order valence-corrected chi connectivity index (χ3v) is 8.96. The van der Waals surface area contributed by atoms with Crippen LogP contribution in [0.1, 0.15) is 61.5 Å². The van der Waals surface area contributed by atoms with Crippen LogP contribution in [0.2, 0.25) is 0 Å². The number of hydrogen-bond donors (Lipinski definition) is 1. The Labute approximate surface area is 202 Å². The number of benzene rings is 1. The van der Waals surface area contributed by atoms with E-state index in [9.17, 15) is 22.8 Å². The molecule has 10 heteroatoms. The standard InChI is InChI=1S/C24H26N2O6S2/c1-15(27)32-13-22(28)21-14-33-24(25-21)26-23(29)20(12-16-4-2-3-5-16)17-6-8-18(9-7-17)34(30,31)19-10-11-19/h6-9,12,14,16,19H,2-5,10-11,13H2,1H3,(H,25,26,29). The lowest BCUT2D eigenvalue weighted by Gasteiger charge is -2.12. The molecule has 0 saturated heterocycles. The molecule has 2 saturated carbocycles. The van der Waals surface area contributed by atoms with Crippen LogP contribution in [0.4, 0.5) is 5.13 Å². The molecule has 0 atom stereocenters. The van der Waals surface area contributed by atoms with E-state index in [2.05, 4.69) is 10.3 Å². The minimum atomic E-state index is -3.31.